The van der Waals surface area contributed by atoms with E-state index in [-0.39, 0.29) is 22.5 Å². The van der Waals surface area contributed by atoms with Gasteiger partial charge >= 0.3 is 0 Å². The van der Waals surface area contributed by atoms with Crippen LogP contribution in [-0.2, 0) is 28.9 Å². The van der Waals surface area contributed by atoms with Crippen molar-refractivity contribution in [2.75, 3.05) is 64.2 Å². The van der Waals surface area contributed by atoms with Crippen LogP contribution >= 0.6 is 11.3 Å². The van der Waals surface area contributed by atoms with Crippen molar-refractivity contribution in [3.63, 3.8) is 0 Å². The normalized spacial score (nSPS) is 15.7. The third-order valence-electron chi connectivity index (χ3n) is 6.86. The van der Waals surface area contributed by atoms with E-state index in [2.05, 4.69) is 39.2 Å². The highest BCUT2D eigenvalue weighted by Gasteiger charge is 2.22. The van der Waals surface area contributed by atoms with Crippen LogP contribution in [0.15, 0.2) is 46.4 Å². The van der Waals surface area contributed by atoms with Gasteiger partial charge in [-0.2, -0.15) is 0 Å². The summed E-state index contributed by atoms with van der Waals surface area (Å²) in [5, 5.41) is 7.28. The molecule has 1 fully saturated rings. The number of amides is 1. The van der Waals surface area contributed by atoms with Gasteiger partial charge < -0.3 is 23.9 Å². The molecule has 12 nitrogen and oxygen atoms in total. The van der Waals surface area contributed by atoms with Crippen LogP contribution in [0, 0.1) is 0 Å². The largest absolute Gasteiger partial charge is 0.478 e. The Labute approximate surface area is 256 Å². The summed E-state index contributed by atoms with van der Waals surface area (Å²) in [6.07, 6.45) is 1.65. The van der Waals surface area contributed by atoms with Crippen molar-refractivity contribution in [2.24, 2.45) is 5.16 Å². The molecule has 234 valence electrons. The Balaban J connectivity index is 1.46. The number of ether oxygens (including phenoxy) is 3. The second-order valence-electron chi connectivity index (χ2n) is 9.90. The number of aromatic nitrogens is 2. The molecule has 0 radical (unpaired) electrons. The number of nitrogens with zero attached hydrogens (tertiary/aromatic N) is 4. The Kier molecular flexibility index (Phi) is 12.2. The minimum atomic E-state index is -3.50. The molecule has 1 amide bonds. The minimum Gasteiger partial charge on any atom is -0.478 e. The molecule has 14 heteroatoms. The van der Waals surface area contributed by atoms with Gasteiger partial charge in [0, 0.05) is 38.3 Å². The van der Waals surface area contributed by atoms with Crippen molar-refractivity contribution in [3.05, 3.63) is 42.0 Å². The fourth-order valence-corrected chi connectivity index (χ4v) is 6.48. The smallest absolute Gasteiger partial charge is 0.280 e. The van der Waals surface area contributed by atoms with Crippen LogP contribution in [0.25, 0.3) is 10.3 Å². The second kappa shape index (κ2) is 16.1. The first kappa shape index (κ1) is 32.7. The monoisotopic (exact) mass is 633 g/mol. The molecule has 43 heavy (non-hydrogen) atoms. The molecule has 1 aromatic carbocycles. The van der Waals surface area contributed by atoms with Crippen molar-refractivity contribution in [3.8, 4) is 5.88 Å². The van der Waals surface area contributed by atoms with Gasteiger partial charge in [-0.25, -0.2) is 18.4 Å². The molecule has 2 aromatic heterocycles. The Morgan fingerprint density at radius 3 is 2.60 bits per heavy atom. The maximum atomic E-state index is 13.4. The van der Waals surface area contributed by atoms with Gasteiger partial charge in [0.05, 0.1) is 30.5 Å². The zero-order valence-electron chi connectivity index (χ0n) is 24.8. The molecule has 0 saturated carbocycles. The van der Waals surface area contributed by atoms with E-state index in [4.69, 9.17) is 19.0 Å². The van der Waals surface area contributed by atoms with Gasteiger partial charge in [-0.15, -0.1) is 0 Å². The van der Waals surface area contributed by atoms with E-state index in [9.17, 15) is 13.2 Å². The number of pyridine rings is 1. The minimum absolute atomic E-state index is 0.0142. The van der Waals surface area contributed by atoms with Gasteiger partial charge in [0.25, 0.3) is 5.91 Å². The number of hydrogen-bond donors (Lipinski definition) is 1. The fraction of sp³-hybridized carbons (Fsp3) is 0.517. The molecule has 0 spiro atoms. The summed E-state index contributed by atoms with van der Waals surface area (Å²) in [5.74, 6) is -0.0944. The number of anilines is 1. The molecule has 0 aliphatic carbocycles. The first-order valence-corrected chi connectivity index (χ1v) is 16.9. The van der Waals surface area contributed by atoms with Crippen LogP contribution in [0.4, 0.5) is 5.13 Å². The molecule has 4 rings (SSSR count). The lowest BCUT2D eigenvalue weighted by atomic mass is 10.1. The summed E-state index contributed by atoms with van der Waals surface area (Å²) in [4.78, 5) is 31.2. The zero-order valence-corrected chi connectivity index (χ0v) is 26.4. The molecule has 1 saturated heterocycles. The van der Waals surface area contributed by atoms with Crippen LogP contribution < -0.4 is 10.1 Å². The zero-order chi connectivity index (χ0) is 30.7. The number of sulfone groups is 1. The average Bonchev–Trinajstić information content (AvgIpc) is 3.67. The van der Waals surface area contributed by atoms with Crippen molar-refractivity contribution in [1.82, 2.24) is 14.9 Å². The van der Waals surface area contributed by atoms with Crippen molar-refractivity contribution in [2.45, 2.75) is 44.1 Å². The fourth-order valence-electron chi connectivity index (χ4n) is 4.37. The Hall–Kier alpha value is -3.17. The number of thiazole rings is 1. The molecular weight excluding hydrogens is 594 g/mol. The van der Waals surface area contributed by atoms with Crippen molar-refractivity contribution in [1.29, 1.82) is 0 Å². The van der Waals surface area contributed by atoms with Crippen molar-refractivity contribution < 1.29 is 32.3 Å². The van der Waals surface area contributed by atoms with E-state index in [1.165, 1.54) is 30.6 Å². The standard InChI is InChI=1S/C29H39N5O7S2/c1-4-34(5-2)15-6-17-40-25-13-12-24-28(31-25)42-29(30-24)32-27(35)26(33-41-22-14-18-39-20-22)21-8-10-23(11-9-21)43(36,37)19-7-16-38-3/h8-13,22H,4-7,14-20H2,1-3H3,(H,30,32,35)/t22-/m1/s1. The lowest BCUT2D eigenvalue weighted by Crippen LogP contribution is -2.25. The molecular formula is C29H39N5O7S2. The van der Waals surface area contributed by atoms with E-state index >= 15 is 0 Å². The summed E-state index contributed by atoms with van der Waals surface area (Å²) in [7, 11) is -1.97. The van der Waals surface area contributed by atoms with Crippen LogP contribution in [0.1, 0.15) is 38.7 Å². The van der Waals surface area contributed by atoms with E-state index in [0.717, 1.165) is 26.1 Å². The van der Waals surface area contributed by atoms with Gasteiger partial charge in [-0.1, -0.05) is 42.5 Å². The number of carbonyl (C=O) groups is 1. The number of fused-ring (bicyclic) bond motifs is 1. The highest BCUT2D eigenvalue weighted by molar-refractivity contribution is 7.91. The molecule has 1 N–H and O–H groups in total. The number of rotatable bonds is 17. The average molecular weight is 634 g/mol. The van der Waals surface area contributed by atoms with E-state index in [1.807, 2.05) is 0 Å². The van der Waals surface area contributed by atoms with Crippen LogP contribution in [0.2, 0.25) is 0 Å². The SMILES string of the molecule is CCN(CC)CCCOc1ccc2nc(NC(=O)C(=NO[C@@H]3CCOC3)c3ccc(S(=O)(=O)CCCOC)cc3)sc2n1. The van der Waals surface area contributed by atoms with Gasteiger partial charge in [-0.05, 0) is 44.1 Å². The van der Waals surface area contributed by atoms with E-state index in [0.29, 0.717) is 66.2 Å². The lowest BCUT2D eigenvalue weighted by molar-refractivity contribution is -0.110. The predicted molar refractivity (Wildman–Crippen MR) is 166 cm³/mol. The number of oxime groups is 1. The number of nitrogens with one attached hydrogen (secondary N) is 1. The third-order valence-corrected chi connectivity index (χ3v) is 9.55. The summed E-state index contributed by atoms with van der Waals surface area (Å²) >= 11 is 1.21. The molecule has 0 unspecified atom stereocenters. The highest BCUT2D eigenvalue weighted by atomic mass is 32.2. The highest BCUT2D eigenvalue weighted by Crippen LogP contribution is 2.27. The maximum absolute atomic E-state index is 13.4. The summed E-state index contributed by atoms with van der Waals surface area (Å²) in [5.41, 5.74) is 1.00. The first-order valence-electron chi connectivity index (χ1n) is 14.4. The number of methoxy groups -OCH3 is 1. The predicted octanol–water partition coefficient (Wildman–Crippen LogP) is 3.76. The topological polar surface area (TPSA) is 142 Å². The maximum Gasteiger partial charge on any atom is 0.280 e. The molecule has 1 aliphatic heterocycles. The van der Waals surface area contributed by atoms with Gasteiger partial charge in [0.2, 0.25) is 5.88 Å². The molecule has 1 atom stereocenters. The molecule has 3 heterocycles. The Morgan fingerprint density at radius 2 is 1.91 bits per heavy atom. The molecule has 1 aliphatic rings. The van der Waals surface area contributed by atoms with Gasteiger partial charge in [-0.3, -0.25) is 10.1 Å². The molecule has 0 bridgehead atoms. The Bertz CT molecular complexity index is 1470. The summed E-state index contributed by atoms with van der Waals surface area (Å²) in [6, 6.07) is 9.58. The van der Waals surface area contributed by atoms with E-state index in [1.54, 1.807) is 24.3 Å². The van der Waals surface area contributed by atoms with Crippen LogP contribution in [0.5, 0.6) is 5.88 Å². The van der Waals surface area contributed by atoms with Gasteiger partial charge in [0.1, 0.15) is 10.3 Å². The van der Waals surface area contributed by atoms with Gasteiger partial charge in [0.15, 0.2) is 26.8 Å². The summed E-state index contributed by atoms with van der Waals surface area (Å²) < 4.78 is 41.5. The second-order valence-corrected chi connectivity index (χ2v) is 13.0. The Morgan fingerprint density at radius 1 is 1.12 bits per heavy atom. The number of carbonyl (C=O) groups excluding carboxylic acids is 1. The van der Waals surface area contributed by atoms with Crippen LogP contribution in [-0.4, -0.2) is 99.9 Å². The van der Waals surface area contributed by atoms with E-state index < -0.39 is 15.7 Å². The quantitative estimate of drug-likeness (QED) is 0.133. The number of hydrogen-bond acceptors (Lipinski definition) is 12. The summed E-state index contributed by atoms with van der Waals surface area (Å²) in [6.45, 7) is 9.08. The third kappa shape index (κ3) is 9.41. The van der Waals surface area contributed by atoms with Crippen molar-refractivity contribution >= 4 is 48.3 Å². The number of benzene rings is 1. The molecule has 3 aromatic rings. The first-order chi connectivity index (χ1) is 20.8. The lowest BCUT2D eigenvalue weighted by Gasteiger charge is -2.17. The van der Waals surface area contributed by atoms with Crippen LogP contribution in [0.3, 0.4) is 0 Å².